The van der Waals surface area contributed by atoms with Crippen LogP contribution < -0.4 is 0 Å². The van der Waals surface area contributed by atoms with Gasteiger partial charge in [-0.1, -0.05) is 121 Å². The molecule has 3 heterocycles. The van der Waals surface area contributed by atoms with E-state index in [1.165, 1.54) is 0 Å². The van der Waals surface area contributed by atoms with Gasteiger partial charge in [-0.25, -0.2) is 0 Å². The molecule has 0 bridgehead atoms. The fourth-order valence-corrected chi connectivity index (χ4v) is 6.31. The smallest absolute Gasteiger partial charge is 0.137 e. The van der Waals surface area contributed by atoms with Gasteiger partial charge in [-0.05, 0) is 76.6 Å². The summed E-state index contributed by atoms with van der Waals surface area (Å²) in [4.78, 5) is 0. The maximum Gasteiger partial charge on any atom is 0.137 e. The second-order valence-electron chi connectivity index (χ2n) is 11.0. The largest absolute Gasteiger partial charge is 0.456 e. The Morgan fingerprint density at radius 3 is 1.57 bits per heavy atom. The van der Waals surface area contributed by atoms with Crippen LogP contribution in [0.25, 0.3) is 99.2 Å². The molecule has 0 spiro atoms. The lowest BCUT2D eigenvalue weighted by Gasteiger charge is -2.10. The molecule has 0 saturated heterocycles. The van der Waals surface area contributed by atoms with Crippen LogP contribution in [0.4, 0.5) is 0 Å². The summed E-state index contributed by atoms with van der Waals surface area (Å²) in [5, 5.41) is -3.28. The van der Waals surface area contributed by atoms with E-state index in [1.807, 2.05) is 0 Å². The van der Waals surface area contributed by atoms with Crippen molar-refractivity contribution in [2.24, 2.45) is 0 Å². The average molecular weight is 681 g/mol. The fourth-order valence-electron chi connectivity index (χ4n) is 6.31. The number of para-hydroxylation sites is 2. The molecular weight excluding hydrogens is 621 g/mol. The van der Waals surface area contributed by atoms with E-state index < -0.39 is 280 Å². The van der Waals surface area contributed by atoms with E-state index in [0.717, 1.165) is 9.13 Å². The van der Waals surface area contributed by atoms with Crippen LogP contribution in [-0.2, 0) is 0 Å². The molecule has 0 N–H and O–H groups in total. The lowest BCUT2D eigenvalue weighted by molar-refractivity contribution is 0.668. The topological polar surface area (TPSA) is 23.0 Å². The maximum absolute atomic E-state index is 9.84. The van der Waals surface area contributed by atoms with E-state index in [2.05, 4.69) is 0 Å². The standard InChI is InChI=1S/C48H30N2O/c1-3-12-31(13-4-1)32-22-24-34(25-23-32)49-40-19-9-7-16-37(40)47-42(49)28-29-43-48(47)38-17-8-10-20-41(38)50(43)35-26-27-39-45(30-35)51-44-21-11-18-36(46(39)44)33-14-5-2-6-15-33/h1-30H/i1D,2D,3D,4D,5D,6D,7D,8D,9D,10D,11D,12D,13D,14D,15D,16D,17D,18D,19D,20D,21D,22D,23D,24D,25D,26D,27D,28D,29D,30D. The minimum absolute atomic E-state index is 0.494. The number of benzene rings is 8. The van der Waals surface area contributed by atoms with Gasteiger partial charge in [-0.3, -0.25) is 0 Å². The van der Waals surface area contributed by atoms with Crippen molar-refractivity contribution < 1.29 is 45.5 Å². The fraction of sp³-hybridized carbons (Fsp3) is 0. The van der Waals surface area contributed by atoms with Gasteiger partial charge in [0.2, 0.25) is 0 Å². The molecule has 11 aromatic rings. The van der Waals surface area contributed by atoms with Gasteiger partial charge in [0, 0.05) is 49.7 Å². The number of aromatic nitrogens is 2. The van der Waals surface area contributed by atoms with Crippen LogP contribution in [0.15, 0.2) is 186 Å². The van der Waals surface area contributed by atoms with Crippen LogP contribution in [-0.4, -0.2) is 9.13 Å². The van der Waals surface area contributed by atoms with E-state index in [0.29, 0.717) is 0 Å². The predicted molar refractivity (Wildman–Crippen MR) is 213 cm³/mol. The number of nitrogens with zero attached hydrogens (tertiary/aromatic N) is 2. The van der Waals surface area contributed by atoms with Gasteiger partial charge < -0.3 is 13.6 Å². The third-order valence-corrected chi connectivity index (χ3v) is 8.37. The van der Waals surface area contributed by atoms with E-state index in [9.17, 15) is 17.8 Å². The zero-order valence-electron chi connectivity index (χ0n) is 55.3. The molecule has 3 nitrogen and oxygen atoms in total. The summed E-state index contributed by atoms with van der Waals surface area (Å²) in [7, 11) is 0. The Kier molecular flexibility index (Phi) is 2.47. The Labute approximate surface area is 336 Å². The summed E-state index contributed by atoms with van der Waals surface area (Å²) >= 11 is 0. The molecule has 0 fully saturated rings. The minimum Gasteiger partial charge on any atom is -0.456 e. The van der Waals surface area contributed by atoms with Gasteiger partial charge in [0.25, 0.3) is 0 Å². The second kappa shape index (κ2) is 10.8. The molecule has 0 atom stereocenters. The number of rotatable bonds is 4. The number of furan rings is 1. The van der Waals surface area contributed by atoms with Gasteiger partial charge >= 0.3 is 0 Å². The van der Waals surface area contributed by atoms with Crippen LogP contribution >= 0.6 is 0 Å². The van der Waals surface area contributed by atoms with Gasteiger partial charge in [0.1, 0.15) is 11.2 Å². The molecule has 11 rings (SSSR count). The quantitative estimate of drug-likeness (QED) is 0.181. The first-order valence-corrected chi connectivity index (χ1v) is 15.0. The lowest BCUT2D eigenvalue weighted by atomic mass is 9.99. The first-order chi connectivity index (χ1) is 37.8. The van der Waals surface area contributed by atoms with Crippen molar-refractivity contribution in [1.82, 2.24) is 9.13 Å². The summed E-state index contributed by atoms with van der Waals surface area (Å²) in [5.41, 5.74) is -8.49. The normalized spacial score (nSPS) is 20.2. The Balaban J connectivity index is 1.37. The highest BCUT2D eigenvalue weighted by Crippen LogP contribution is 2.43. The van der Waals surface area contributed by atoms with Crippen LogP contribution in [0.2, 0.25) is 0 Å². The molecule has 0 aliphatic carbocycles. The molecule has 238 valence electrons. The Hall–Kier alpha value is -6.84. The summed E-state index contributed by atoms with van der Waals surface area (Å²) < 4.78 is 277. The number of hydrogen-bond acceptors (Lipinski definition) is 1. The highest BCUT2D eigenvalue weighted by atomic mass is 16.3. The van der Waals surface area contributed by atoms with E-state index in [-0.39, 0.29) is 0 Å². The van der Waals surface area contributed by atoms with E-state index in [1.54, 1.807) is 0 Å². The Bertz CT molecular complexity index is 4790. The van der Waals surface area contributed by atoms with Crippen molar-refractivity contribution in [3.63, 3.8) is 0 Å². The van der Waals surface area contributed by atoms with E-state index in [4.69, 9.17) is 27.7 Å². The molecule has 0 unspecified atom stereocenters. The number of hydrogen-bond donors (Lipinski definition) is 0. The van der Waals surface area contributed by atoms with Gasteiger partial charge in [-0.2, -0.15) is 0 Å². The molecule has 3 aromatic heterocycles. The van der Waals surface area contributed by atoms with Crippen LogP contribution in [0.5, 0.6) is 0 Å². The van der Waals surface area contributed by atoms with Crippen LogP contribution in [0, 0.1) is 0 Å². The first kappa shape index (κ1) is 11.6. The lowest BCUT2D eigenvalue weighted by Crippen LogP contribution is -1.95. The maximum atomic E-state index is 9.84. The zero-order chi connectivity index (χ0) is 59.6. The minimum atomic E-state index is -1.06. The molecule has 0 saturated carbocycles. The average Bonchev–Trinajstić information content (AvgIpc) is 2.61. The summed E-state index contributed by atoms with van der Waals surface area (Å²) in [6, 6.07) is -27.7. The van der Waals surface area contributed by atoms with Crippen LogP contribution in [0.1, 0.15) is 41.1 Å². The molecule has 0 amide bonds. The van der Waals surface area contributed by atoms with Gasteiger partial charge in [-0.15, -0.1) is 0 Å². The van der Waals surface area contributed by atoms with Crippen LogP contribution in [0.3, 0.4) is 0 Å². The van der Waals surface area contributed by atoms with Crippen molar-refractivity contribution in [3.05, 3.63) is 181 Å². The predicted octanol–water partition coefficient (Wildman–Crippen LogP) is 13.1. The molecule has 3 heteroatoms. The third kappa shape index (κ3) is 4.12. The summed E-state index contributed by atoms with van der Waals surface area (Å²) in [6.45, 7) is 0. The number of fused-ring (bicyclic) bond motifs is 10. The Morgan fingerprint density at radius 1 is 0.353 bits per heavy atom. The molecular formula is C48H30N2O. The summed E-state index contributed by atoms with van der Waals surface area (Å²) in [5.74, 6) is 0. The highest BCUT2D eigenvalue weighted by Gasteiger charge is 2.21. The molecule has 51 heavy (non-hydrogen) atoms. The zero-order valence-corrected chi connectivity index (χ0v) is 25.3. The van der Waals surface area contributed by atoms with Crippen molar-refractivity contribution in [3.8, 4) is 33.6 Å². The first-order valence-electron chi connectivity index (χ1n) is 30.0. The van der Waals surface area contributed by atoms with E-state index >= 15 is 0 Å². The van der Waals surface area contributed by atoms with Gasteiger partial charge in [0.05, 0.1) is 63.2 Å². The molecule has 0 aliphatic heterocycles. The Morgan fingerprint density at radius 2 is 0.902 bits per heavy atom. The van der Waals surface area contributed by atoms with Crippen molar-refractivity contribution in [2.75, 3.05) is 0 Å². The SMILES string of the molecule is [2H]c1c([2H])c([2H])c(-c2c([2H])c([2H])c(-n3c4c([2H])c([2H])c([2H])c([2H])c4c4c5c6c([2H])c([2H])c([2H])c([2H])c6n(-c6c([2H])c([2H])c7c(oc8c([2H])c([2H])c([2H])c(-c9c([2H])c([2H])c([2H])c([2H])c9[2H])c87)c6[2H])c5c([2H])c([2H])c43)c([2H])c2[2H])c([2H])c1[2H]. The monoisotopic (exact) mass is 680 g/mol. The van der Waals surface area contributed by atoms with Crippen molar-refractivity contribution in [2.45, 2.75) is 0 Å². The second-order valence-corrected chi connectivity index (χ2v) is 11.0. The molecule has 8 aromatic carbocycles. The van der Waals surface area contributed by atoms with Crippen molar-refractivity contribution in [1.29, 1.82) is 0 Å². The molecule has 0 radical (unpaired) electrons. The highest BCUT2D eigenvalue weighted by molar-refractivity contribution is 6.29. The molecule has 0 aliphatic rings. The summed E-state index contributed by atoms with van der Waals surface area (Å²) in [6.07, 6.45) is 0. The third-order valence-electron chi connectivity index (χ3n) is 8.37. The van der Waals surface area contributed by atoms with Crippen molar-refractivity contribution >= 4 is 65.6 Å². The van der Waals surface area contributed by atoms with Gasteiger partial charge in [0.15, 0.2) is 0 Å².